The summed E-state index contributed by atoms with van der Waals surface area (Å²) in [4.78, 5) is 0. The molecule has 2 aromatic rings. The molecule has 21 heavy (non-hydrogen) atoms. The first-order valence-electron chi connectivity index (χ1n) is 6.56. The quantitative estimate of drug-likeness (QED) is 0.648. The first kappa shape index (κ1) is 14.7. The highest BCUT2D eigenvalue weighted by molar-refractivity contribution is 5.69. The molecular weight excluding hydrogens is 264 g/mol. The largest absolute Gasteiger partial charge is 0.507 e. The summed E-state index contributed by atoms with van der Waals surface area (Å²) in [6.45, 7) is 0.226. The van der Waals surface area contributed by atoms with E-state index >= 15 is 0 Å². The van der Waals surface area contributed by atoms with Crippen molar-refractivity contribution in [2.75, 3.05) is 6.54 Å². The second-order valence-corrected chi connectivity index (χ2v) is 4.59. The summed E-state index contributed by atoms with van der Waals surface area (Å²) >= 11 is 0. The van der Waals surface area contributed by atoms with Gasteiger partial charge in [-0.1, -0.05) is 36.4 Å². The topological polar surface area (TPSA) is 92.5 Å². The predicted octanol–water partition coefficient (Wildman–Crippen LogP) is 2.44. The minimum Gasteiger partial charge on any atom is -0.507 e. The van der Waals surface area contributed by atoms with Crippen molar-refractivity contribution in [1.82, 2.24) is 0 Å². The van der Waals surface area contributed by atoms with Gasteiger partial charge in [-0.15, -0.1) is 0 Å². The lowest BCUT2D eigenvalue weighted by atomic mass is 10.0. The molecule has 0 heterocycles. The fourth-order valence-electron chi connectivity index (χ4n) is 1.93. The summed E-state index contributed by atoms with van der Waals surface area (Å²) in [5.74, 6) is 0.318. The SMILES string of the molecule is NCC(=Cc1ccccc1O)C(N)=Cc1ccccc1O. The Labute approximate surface area is 123 Å². The zero-order valence-corrected chi connectivity index (χ0v) is 11.5. The first-order valence-corrected chi connectivity index (χ1v) is 6.56. The summed E-state index contributed by atoms with van der Waals surface area (Å²) in [5, 5.41) is 19.5. The van der Waals surface area contributed by atoms with E-state index in [0.717, 1.165) is 0 Å². The molecule has 0 unspecified atom stereocenters. The van der Waals surface area contributed by atoms with Gasteiger partial charge in [-0.05, 0) is 29.9 Å². The highest BCUT2D eigenvalue weighted by Crippen LogP contribution is 2.23. The molecule has 2 aromatic carbocycles. The molecule has 0 aromatic heterocycles. The number of benzene rings is 2. The number of rotatable bonds is 4. The predicted molar refractivity (Wildman–Crippen MR) is 85.4 cm³/mol. The van der Waals surface area contributed by atoms with Gasteiger partial charge >= 0.3 is 0 Å². The van der Waals surface area contributed by atoms with Gasteiger partial charge in [0.25, 0.3) is 0 Å². The highest BCUT2D eigenvalue weighted by Gasteiger charge is 2.04. The molecule has 0 amide bonds. The van der Waals surface area contributed by atoms with Crippen LogP contribution in [0.3, 0.4) is 0 Å². The Bertz CT molecular complexity index is 691. The Balaban J connectivity index is 2.38. The van der Waals surface area contributed by atoms with Gasteiger partial charge in [-0.2, -0.15) is 0 Å². The molecule has 0 aliphatic heterocycles. The molecular formula is C17H18N2O2. The molecule has 2 rings (SSSR count). The third-order valence-electron chi connectivity index (χ3n) is 3.10. The van der Waals surface area contributed by atoms with Gasteiger partial charge < -0.3 is 21.7 Å². The van der Waals surface area contributed by atoms with E-state index < -0.39 is 0 Å². The zero-order chi connectivity index (χ0) is 15.2. The van der Waals surface area contributed by atoms with Crippen molar-refractivity contribution in [2.45, 2.75) is 0 Å². The molecule has 0 aliphatic carbocycles. The average Bonchev–Trinajstić information content (AvgIpc) is 2.48. The van der Waals surface area contributed by atoms with E-state index in [1.165, 1.54) is 0 Å². The van der Waals surface area contributed by atoms with E-state index in [0.29, 0.717) is 22.4 Å². The van der Waals surface area contributed by atoms with Crippen molar-refractivity contribution in [3.05, 3.63) is 70.9 Å². The molecule has 0 radical (unpaired) electrons. The van der Waals surface area contributed by atoms with Crippen molar-refractivity contribution in [1.29, 1.82) is 0 Å². The molecule has 0 fully saturated rings. The molecule has 0 aliphatic rings. The van der Waals surface area contributed by atoms with E-state index in [9.17, 15) is 10.2 Å². The third-order valence-corrected chi connectivity index (χ3v) is 3.10. The number of aromatic hydroxyl groups is 2. The standard InChI is InChI=1S/C17H18N2O2/c18-11-14(9-12-5-1-3-7-16(12)20)15(19)10-13-6-2-4-8-17(13)21/h1-10,20-21H,11,18-19H2. The normalized spacial score (nSPS) is 12.4. The van der Waals surface area contributed by atoms with Crippen LogP contribution in [0.5, 0.6) is 11.5 Å². The van der Waals surface area contributed by atoms with Crippen molar-refractivity contribution in [3.8, 4) is 11.5 Å². The Morgan fingerprint density at radius 3 is 1.81 bits per heavy atom. The Hall–Kier alpha value is -2.72. The first-order chi connectivity index (χ1) is 10.1. The van der Waals surface area contributed by atoms with Crippen LogP contribution in [0.2, 0.25) is 0 Å². The molecule has 108 valence electrons. The van der Waals surface area contributed by atoms with Gasteiger partial charge in [0.05, 0.1) is 0 Å². The highest BCUT2D eigenvalue weighted by atomic mass is 16.3. The second-order valence-electron chi connectivity index (χ2n) is 4.59. The van der Waals surface area contributed by atoms with Gasteiger partial charge in [-0.3, -0.25) is 0 Å². The Morgan fingerprint density at radius 2 is 1.33 bits per heavy atom. The van der Waals surface area contributed by atoms with Crippen LogP contribution in [0.1, 0.15) is 11.1 Å². The van der Waals surface area contributed by atoms with Crippen LogP contribution in [0, 0.1) is 0 Å². The average molecular weight is 282 g/mol. The van der Waals surface area contributed by atoms with Crippen LogP contribution in [-0.4, -0.2) is 16.8 Å². The fourth-order valence-corrected chi connectivity index (χ4v) is 1.93. The van der Waals surface area contributed by atoms with Crippen molar-refractivity contribution in [3.63, 3.8) is 0 Å². The Kier molecular flexibility index (Phi) is 4.64. The number of nitrogens with two attached hydrogens (primary N) is 2. The Morgan fingerprint density at radius 1 is 0.857 bits per heavy atom. The van der Waals surface area contributed by atoms with E-state index in [4.69, 9.17) is 11.5 Å². The van der Waals surface area contributed by atoms with E-state index in [1.54, 1.807) is 48.6 Å². The van der Waals surface area contributed by atoms with Crippen molar-refractivity contribution in [2.24, 2.45) is 11.5 Å². The van der Waals surface area contributed by atoms with Crippen molar-refractivity contribution >= 4 is 12.2 Å². The van der Waals surface area contributed by atoms with E-state index in [2.05, 4.69) is 0 Å². The van der Waals surface area contributed by atoms with Crippen LogP contribution in [0.4, 0.5) is 0 Å². The molecule has 0 spiro atoms. The zero-order valence-electron chi connectivity index (χ0n) is 11.5. The van der Waals surface area contributed by atoms with Gasteiger partial charge in [-0.25, -0.2) is 0 Å². The van der Waals surface area contributed by atoms with Crippen LogP contribution in [0.15, 0.2) is 59.8 Å². The minimum atomic E-state index is 0.152. The minimum absolute atomic E-state index is 0.152. The molecule has 0 saturated heterocycles. The third kappa shape index (κ3) is 3.64. The maximum atomic E-state index is 9.78. The summed E-state index contributed by atoms with van der Waals surface area (Å²) in [6, 6.07) is 13.8. The molecule has 4 nitrogen and oxygen atoms in total. The number of hydrogen-bond acceptors (Lipinski definition) is 4. The van der Waals surface area contributed by atoms with Gasteiger partial charge in [0.2, 0.25) is 0 Å². The maximum Gasteiger partial charge on any atom is 0.122 e. The number of para-hydroxylation sites is 2. The van der Waals surface area contributed by atoms with Gasteiger partial charge in [0, 0.05) is 23.4 Å². The lowest BCUT2D eigenvalue weighted by Gasteiger charge is -2.07. The number of phenols is 2. The molecule has 0 saturated carbocycles. The van der Waals surface area contributed by atoms with E-state index in [1.807, 2.05) is 12.1 Å². The summed E-state index contributed by atoms with van der Waals surface area (Å²) < 4.78 is 0. The maximum absolute atomic E-state index is 9.78. The van der Waals surface area contributed by atoms with E-state index in [-0.39, 0.29) is 18.0 Å². The van der Waals surface area contributed by atoms with Crippen LogP contribution >= 0.6 is 0 Å². The van der Waals surface area contributed by atoms with Crippen LogP contribution in [-0.2, 0) is 0 Å². The number of hydrogen-bond donors (Lipinski definition) is 4. The lowest BCUT2D eigenvalue weighted by Crippen LogP contribution is -2.11. The molecule has 4 heteroatoms. The van der Waals surface area contributed by atoms with Gasteiger partial charge in [0.15, 0.2) is 0 Å². The van der Waals surface area contributed by atoms with Crippen LogP contribution in [0.25, 0.3) is 12.2 Å². The number of phenolic OH excluding ortho intramolecular Hbond substituents is 2. The summed E-state index contributed by atoms with van der Waals surface area (Å²) in [7, 11) is 0. The monoisotopic (exact) mass is 282 g/mol. The second kappa shape index (κ2) is 6.63. The molecule has 0 bridgehead atoms. The fraction of sp³-hybridized carbons (Fsp3) is 0.0588. The summed E-state index contributed by atoms with van der Waals surface area (Å²) in [6.07, 6.45) is 3.40. The summed E-state index contributed by atoms with van der Waals surface area (Å²) in [5.41, 5.74) is 14.2. The van der Waals surface area contributed by atoms with Crippen molar-refractivity contribution < 1.29 is 10.2 Å². The smallest absolute Gasteiger partial charge is 0.122 e. The molecule has 0 atom stereocenters. The lowest BCUT2D eigenvalue weighted by molar-refractivity contribution is 0.473. The molecule has 6 N–H and O–H groups in total. The van der Waals surface area contributed by atoms with Crippen LogP contribution < -0.4 is 11.5 Å². The van der Waals surface area contributed by atoms with Gasteiger partial charge in [0.1, 0.15) is 11.5 Å².